The molecule has 9 heavy (non-hydrogen) atoms. The topological polar surface area (TPSA) is 21.6 Å². The highest BCUT2D eigenvalue weighted by molar-refractivity contribution is 5.78. The van der Waals surface area contributed by atoms with Gasteiger partial charge in [-0.1, -0.05) is 11.7 Å². The van der Waals surface area contributed by atoms with Gasteiger partial charge in [0.1, 0.15) is 6.61 Å². The molecule has 0 saturated heterocycles. The van der Waals surface area contributed by atoms with Crippen LogP contribution in [0.3, 0.4) is 0 Å². The van der Waals surface area contributed by atoms with Crippen LogP contribution in [0.1, 0.15) is 20.8 Å². The normalized spacial score (nSPS) is 8.33. The van der Waals surface area contributed by atoms with Crippen molar-refractivity contribution in [2.75, 3.05) is 6.61 Å². The van der Waals surface area contributed by atoms with Gasteiger partial charge in [0.25, 0.3) is 0 Å². The molecule has 0 aliphatic carbocycles. The van der Waals surface area contributed by atoms with E-state index >= 15 is 0 Å². The first-order valence-electron chi connectivity index (χ1n) is 2.90. The van der Waals surface area contributed by atoms with E-state index < -0.39 is 0 Å². The standard InChI is InChI=1S/C7H13NO/c1-6(2)5-9-8-7(3)4/h1,5H2,2-4H3. The smallest absolute Gasteiger partial charge is 0.137 e. The van der Waals surface area contributed by atoms with E-state index in [-0.39, 0.29) is 0 Å². The summed E-state index contributed by atoms with van der Waals surface area (Å²) < 4.78 is 0. The van der Waals surface area contributed by atoms with Crippen LogP contribution in [-0.2, 0) is 4.84 Å². The van der Waals surface area contributed by atoms with E-state index in [1.165, 1.54) is 0 Å². The third kappa shape index (κ3) is 7.21. The Labute approximate surface area is 56.2 Å². The largest absolute Gasteiger partial charge is 0.391 e. The summed E-state index contributed by atoms with van der Waals surface area (Å²) >= 11 is 0. The second kappa shape index (κ2) is 4.13. The molecule has 0 aromatic carbocycles. The molecule has 0 saturated carbocycles. The Morgan fingerprint density at radius 2 is 2.00 bits per heavy atom. The summed E-state index contributed by atoms with van der Waals surface area (Å²) in [5.41, 5.74) is 1.91. The zero-order chi connectivity index (χ0) is 7.28. The molecular weight excluding hydrogens is 114 g/mol. The first-order valence-corrected chi connectivity index (χ1v) is 2.90. The fourth-order valence-electron chi connectivity index (χ4n) is 0.272. The molecule has 0 bridgehead atoms. The van der Waals surface area contributed by atoms with Crippen LogP contribution in [0.5, 0.6) is 0 Å². The van der Waals surface area contributed by atoms with Crippen molar-refractivity contribution in [3.8, 4) is 0 Å². The van der Waals surface area contributed by atoms with Crippen LogP contribution in [0.25, 0.3) is 0 Å². The molecule has 0 aromatic rings. The van der Waals surface area contributed by atoms with Crippen LogP contribution in [0.15, 0.2) is 17.3 Å². The van der Waals surface area contributed by atoms with Crippen LogP contribution in [-0.4, -0.2) is 12.3 Å². The molecule has 0 heterocycles. The van der Waals surface area contributed by atoms with Crippen molar-refractivity contribution in [1.82, 2.24) is 0 Å². The molecule has 2 nitrogen and oxygen atoms in total. The fourth-order valence-corrected chi connectivity index (χ4v) is 0.272. The fraction of sp³-hybridized carbons (Fsp3) is 0.571. The van der Waals surface area contributed by atoms with Gasteiger partial charge in [-0.15, -0.1) is 0 Å². The third-order valence-corrected chi connectivity index (χ3v) is 0.558. The number of nitrogens with zero attached hydrogens (tertiary/aromatic N) is 1. The number of rotatable bonds is 3. The Balaban J connectivity index is 3.31. The molecule has 0 N–H and O–H groups in total. The van der Waals surface area contributed by atoms with Gasteiger partial charge in [-0.05, 0) is 26.3 Å². The van der Waals surface area contributed by atoms with E-state index in [0.717, 1.165) is 11.3 Å². The van der Waals surface area contributed by atoms with Crippen molar-refractivity contribution >= 4 is 5.71 Å². The summed E-state index contributed by atoms with van der Waals surface area (Å²) in [6.07, 6.45) is 0. The van der Waals surface area contributed by atoms with Crippen LogP contribution in [0.2, 0.25) is 0 Å². The maximum absolute atomic E-state index is 4.84. The van der Waals surface area contributed by atoms with Gasteiger partial charge in [-0.25, -0.2) is 0 Å². The van der Waals surface area contributed by atoms with Crippen molar-refractivity contribution in [3.05, 3.63) is 12.2 Å². The summed E-state index contributed by atoms with van der Waals surface area (Å²) in [6.45, 7) is 9.85. The minimum atomic E-state index is 0.519. The average Bonchev–Trinajstić information content (AvgIpc) is 1.63. The van der Waals surface area contributed by atoms with Gasteiger partial charge in [0, 0.05) is 0 Å². The summed E-state index contributed by atoms with van der Waals surface area (Å²) in [7, 11) is 0. The van der Waals surface area contributed by atoms with E-state index in [2.05, 4.69) is 11.7 Å². The van der Waals surface area contributed by atoms with Crippen molar-refractivity contribution < 1.29 is 4.84 Å². The highest BCUT2D eigenvalue weighted by atomic mass is 16.6. The lowest BCUT2D eigenvalue weighted by Crippen LogP contribution is -1.90. The minimum absolute atomic E-state index is 0.519. The molecule has 0 amide bonds. The number of oxime groups is 1. The molecule has 0 fully saturated rings. The first kappa shape index (κ1) is 8.21. The van der Waals surface area contributed by atoms with Gasteiger partial charge in [0.2, 0.25) is 0 Å². The summed E-state index contributed by atoms with van der Waals surface area (Å²) in [6, 6.07) is 0. The molecule has 52 valence electrons. The monoisotopic (exact) mass is 127 g/mol. The maximum atomic E-state index is 4.84. The summed E-state index contributed by atoms with van der Waals surface area (Å²) in [5, 5.41) is 3.72. The predicted octanol–water partition coefficient (Wildman–Crippen LogP) is 1.97. The Hall–Kier alpha value is -0.790. The molecular formula is C7H13NO. The van der Waals surface area contributed by atoms with E-state index in [0.29, 0.717) is 6.61 Å². The van der Waals surface area contributed by atoms with Crippen LogP contribution in [0, 0.1) is 0 Å². The molecule has 0 unspecified atom stereocenters. The third-order valence-electron chi connectivity index (χ3n) is 0.558. The lowest BCUT2D eigenvalue weighted by Gasteiger charge is -1.96. The van der Waals surface area contributed by atoms with Gasteiger partial charge in [0.05, 0.1) is 5.71 Å². The molecule has 0 aliphatic rings. The Bertz CT molecular complexity index is 123. The zero-order valence-corrected chi connectivity index (χ0v) is 6.27. The second-order valence-corrected chi connectivity index (χ2v) is 2.27. The quantitative estimate of drug-likeness (QED) is 0.322. The summed E-state index contributed by atoms with van der Waals surface area (Å²) in [4.78, 5) is 4.84. The molecule has 2 heteroatoms. The van der Waals surface area contributed by atoms with Crippen molar-refractivity contribution in [1.29, 1.82) is 0 Å². The van der Waals surface area contributed by atoms with Crippen molar-refractivity contribution in [3.63, 3.8) is 0 Å². The lowest BCUT2D eigenvalue weighted by atomic mass is 10.4. The summed E-state index contributed by atoms with van der Waals surface area (Å²) in [5.74, 6) is 0. The van der Waals surface area contributed by atoms with E-state index in [1.807, 2.05) is 20.8 Å². The van der Waals surface area contributed by atoms with Crippen LogP contribution in [0.4, 0.5) is 0 Å². The maximum Gasteiger partial charge on any atom is 0.137 e. The Morgan fingerprint density at radius 3 is 2.33 bits per heavy atom. The van der Waals surface area contributed by atoms with Crippen molar-refractivity contribution in [2.45, 2.75) is 20.8 Å². The van der Waals surface area contributed by atoms with E-state index in [4.69, 9.17) is 4.84 Å². The number of hydrogen-bond donors (Lipinski definition) is 0. The number of hydrogen-bond acceptors (Lipinski definition) is 2. The van der Waals surface area contributed by atoms with Crippen LogP contribution < -0.4 is 0 Å². The van der Waals surface area contributed by atoms with Gasteiger partial charge in [-0.2, -0.15) is 0 Å². The van der Waals surface area contributed by atoms with Crippen LogP contribution >= 0.6 is 0 Å². The minimum Gasteiger partial charge on any atom is -0.391 e. The van der Waals surface area contributed by atoms with Gasteiger partial charge >= 0.3 is 0 Å². The van der Waals surface area contributed by atoms with Gasteiger partial charge < -0.3 is 4.84 Å². The molecule has 0 aromatic heterocycles. The SMILES string of the molecule is C=C(C)CON=C(C)C. The Morgan fingerprint density at radius 1 is 1.44 bits per heavy atom. The molecule has 0 rings (SSSR count). The lowest BCUT2D eigenvalue weighted by molar-refractivity contribution is 0.168. The van der Waals surface area contributed by atoms with Gasteiger partial charge in [0.15, 0.2) is 0 Å². The van der Waals surface area contributed by atoms with Crippen molar-refractivity contribution in [2.24, 2.45) is 5.16 Å². The molecule has 0 radical (unpaired) electrons. The second-order valence-electron chi connectivity index (χ2n) is 2.27. The highest BCUT2D eigenvalue weighted by Gasteiger charge is 1.82. The average molecular weight is 127 g/mol. The van der Waals surface area contributed by atoms with E-state index in [1.54, 1.807) is 0 Å². The van der Waals surface area contributed by atoms with E-state index in [9.17, 15) is 0 Å². The molecule has 0 atom stereocenters. The first-order chi connectivity index (χ1) is 4.13. The predicted molar refractivity (Wildman–Crippen MR) is 39.5 cm³/mol. The zero-order valence-electron chi connectivity index (χ0n) is 6.27. The van der Waals surface area contributed by atoms with Gasteiger partial charge in [-0.3, -0.25) is 0 Å². The molecule has 0 aliphatic heterocycles. The Kier molecular flexibility index (Phi) is 3.76. The highest BCUT2D eigenvalue weighted by Crippen LogP contribution is 1.88. The molecule has 0 spiro atoms.